The second kappa shape index (κ2) is 12.6. The molecule has 2 aromatic rings. The van der Waals surface area contributed by atoms with E-state index in [1.54, 1.807) is 27.7 Å². The summed E-state index contributed by atoms with van der Waals surface area (Å²) < 4.78 is 0. The van der Waals surface area contributed by atoms with Crippen molar-refractivity contribution in [3.8, 4) is 0 Å². The Morgan fingerprint density at radius 2 is 0.829 bits per heavy atom. The predicted octanol–water partition coefficient (Wildman–Crippen LogP) is 3.10. The zero-order valence-electron chi connectivity index (χ0n) is 23.4. The summed E-state index contributed by atoms with van der Waals surface area (Å²) in [5, 5.41) is 24.7. The molecule has 0 fully saturated rings. The van der Waals surface area contributed by atoms with Crippen LogP contribution in [0.25, 0.3) is 0 Å². The van der Waals surface area contributed by atoms with Crippen molar-refractivity contribution in [2.24, 2.45) is 10.8 Å². The smallest absolute Gasteiger partial charge is 0.550 e. The first kappa shape index (κ1) is 33.4. The molecule has 4 nitrogen and oxygen atoms in total. The topological polar surface area (TPSA) is 80.3 Å². The number of carboxylic acid groups (broad SMARTS) is 2. The van der Waals surface area contributed by atoms with Crippen molar-refractivity contribution in [1.82, 2.24) is 0 Å². The average molecular weight is 564 g/mol. The first-order valence-corrected chi connectivity index (χ1v) is 18.9. The van der Waals surface area contributed by atoms with Gasteiger partial charge in [-0.1, -0.05) is 126 Å². The van der Waals surface area contributed by atoms with Gasteiger partial charge in [-0.15, -0.1) is 0 Å². The summed E-state index contributed by atoms with van der Waals surface area (Å²) in [4.78, 5) is 21.9. The number of carboxylic acids is 2. The first-order chi connectivity index (χ1) is 15.3. The number of aliphatic carboxylic acids is 2. The van der Waals surface area contributed by atoms with Gasteiger partial charge in [0.25, 0.3) is 0 Å². The first-order valence-electron chi connectivity index (χ1n) is 11.9. The van der Waals surface area contributed by atoms with Crippen LogP contribution < -0.4 is 20.6 Å². The Hall–Kier alpha value is -1.56. The molecule has 0 saturated heterocycles. The van der Waals surface area contributed by atoms with E-state index < -0.39 is 38.9 Å². The van der Waals surface area contributed by atoms with E-state index in [1.165, 1.54) is 10.4 Å². The van der Waals surface area contributed by atoms with Crippen LogP contribution in [0.3, 0.4) is 0 Å². The van der Waals surface area contributed by atoms with Gasteiger partial charge in [-0.05, 0) is 24.0 Å². The maximum Gasteiger partial charge on any atom is 2.00 e. The van der Waals surface area contributed by atoms with Crippen LogP contribution in [-0.2, 0) is 41.9 Å². The minimum atomic E-state index is -1.27. The van der Waals surface area contributed by atoms with Crippen LogP contribution in [0.1, 0.15) is 38.8 Å². The van der Waals surface area contributed by atoms with Gasteiger partial charge in [0.05, 0.1) is 16.1 Å². The van der Waals surface area contributed by atoms with Crippen molar-refractivity contribution in [3.63, 3.8) is 0 Å². The number of hydrogen-bond donors (Lipinski definition) is 0. The van der Waals surface area contributed by atoms with Gasteiger partial charge < -0.3 is 19.8 Å². The van der Waals surface area contributed by atoms with E-state index in [9.17, 15) is 19.8 Å². The van der Waals surface area contributed by atoms with Gasteiger partial charge in [-0.3, -0.25) is 0 Å². The zero-order valence-corrected chi connectivity index (χ0v) is 28.3. The summed E-state index contributed by atoms with van der Waals surface area (Å²) in [5.74, 6) is -1.99. The van der Waals surface area contributed by atoms with Crippen LogP contribution in [0.2, 0.25) is 39.3 Å². The molecule has 0 atom stereocenters. The quantitative estimate of drug-likeness (QED) is 0.462. The zero-order chi connectivity index (χ0) is 26.5. The van der Waals surface area contributed by atoms with Crippen molar-refractivity contribution in [2.75, 3.05) is 0 Å². The van der Waals surface area contributed by atoms with Crippen molar-refractivity contribution in [2.45, 2.75) is 79.8 Å². The Bertz CT molecular complexity index is 887. The molecular formula is C28H42O4Si2Zn. The molecule has 7 heteroatoms. The Kier molecular flexibility index (Phi) is 12.0. The Morgan fingerprint density at radius 3 is 1.00 bits per heavy atom. The van der Waals surface area contributed by atoms with E-state index in [1.807, 2.05) is 24.3 Å². The average Bonchev–Trinajstić information content (AvgIpc) is 2.67. The summed E-state index contributed by atoms with van der Waals surface area (Å²) in [5.41, 5.74) is 0.504. The van der Waals surface area contributed by atoms with Crippen LogP contribution >= 0.6 is 0 Å². The standard InChI is InChI=1S/2C14H22O2Si.Zn/c2*1-14(2,13(15)16)10-11-6-8-12(9-7-11)17(3,4)5;/h2*6-9H,10H2,1-5H3,(H,15,16);/q;;+2/p-2. The second-order valence-corrected chi connectivity index (χ2v) is 22.7. The van der Waals surface area contributed by atoms with Gasteiger partial charge in [0.15, 0.2) is 0 Å². The molecule has 2 aromatic carbocycles. The SMILES string of the molecule is CC(C)(Cc1ccc([Si](C)(C)C)cc1)C(=O)[O-].CC(C)(Cc1ccc([Si](C)(C)C)cc1)C(=O)[O-].[Zn+2]. The van der Waals surface area contributed by atoms with Gasteiger partial charge in [-0.25, -0.2) is 0 Å². The molecule has 0 amide bonds. The van der Waals surface area contributed by atoms with Gasteiger partial charge >= 0.3 is 19.5 Å². The number of hydrogen-bond acceptors (Lipinski definition) is 4. The third kappa shape index (κ3) is 10.9. The van der Waals surface area contributed by atoms with Gasteiger partial charge in [0.2, 0.25) is 0 Å². The van der Waals surface area contributed by atoms with Crippen molar-refractivity contribution in [3.05, 3.63) is 59.7 Å². The van der Waals surface area contributed by atoms with E-state index in [2.05, 4.69) is 63.5 Å². The number of carbonyl (C=O) groups excluding carboxylic acids is 2. The molecular weight excluding hydrogens is 522 g/mol. The summed E-state index contributed by atoms with van der Waals surface area (Å²) in [6.07, 6.45) is 1.03. The minimum absolute atomic E-state index is 0. The molecule has 0 unspecified atom stereocenters. The summed E-state index contributed by atoms with van der Waals surface area (Å²) in [6.45, 7) is 20.6. The van der Waals surface area contributed by atoms with Gasteiger partial charge in [0, 0.05) is 22.8 Å². The maximum absolute atomic E-state index is 10.9. The molecule has 0 radical (unpaired) electrons. The molecule has 0 spiro atoms. The Morgan fingerprint density at radius 1 is 0.600 bits per heavy atom. The van der Waals surface area contributed by atoms with Crippen LogP contribution in [0.4, 0.5) is 0 Å². The molecule has 0 aliphatic carbocycles. The third-order valence-electron chi connectivity index (χ3n) is 6.04. The molecule has 0 aromatic heterocycles. The molecule has 0 aliphatic rings. The molecule has 0 bridgehead atoms. The third-order valence-corrected chi connectivity index (χ3v) is 10.2. The Labute approximate surface area is 227 Å². The van der Waals surface area contributed by atoms with Crippen LogP contribution in [0.15, 0.2) is 48.5 Å². The van der Waals surface area contributed by atoms with Crippen molar-refractivity contribution < 1.29 is 39.3 Å². The fraction of sp³-hybridized carbons (Fsp3) is 0.500. The van der Waals surface area contributed by atoms with E-state index in [0.717, 1.165) is 11.1 Å². The van der Waals surface area contributed by atoms with Crippen LogP contribution in [0, 0.1) is 10.8 Å². The molecule has 188 valence electrons. The van der Waals surface area contributed by atoms with Crippen molar-refractivity contribution in [1.29, 1.82) is 0 Å². The predicted molar refractivity (Wildman–Crippen MR) is 144 cm³/mol. The van der Waals surface area contributed by atoms with E-state index >= 15 is 0 Å². The monoisotopic (exact) mass is 562 g/mol. The molecule has 35 heavy (non-hydrogen) atoms. The second-order valence-electron chi connectivity index (χ2n) is 12.6. The Balaban J connectivity index is 0.000000642. The van der Waals surface area contributed by atoms with Crippen LogP contribution in [-0.4, -0.2) is 28.1 Å². The summed E-state index contributed by atoms with van der Waals surface area (Å²) >= 11 is 0. The van der Waals surface area contributed by atoms with Crippen LogP contribution in [0.5, 0.6) is 0 Å². The minimum Gasteiger partial charge on any atom is -0.550 e. The fourth-order valence-corrected chi connectivity index (χ4v) is 5.74. The number of rotatable bonds is 8. The fourth-order valence-electron chi connectivity index (χ4n) is 3.41. The number of carbonyl (C=O) groups is 2. The van der Waals surface area contributed by atoms with E-state index in [4.69, 9.17) is 0 Å². The largest absolute Gasteiger partial charge is 2.00 e. The molecule has 0 heterocycles. The maximum atomic E-state index is 10.9. The number of benzene rings is 2. The van der Waals surface area contributed by atoms with Gasteiger partial charge in [-0.2, -0.15) is 0 Å². The van der Waals surface area contributed by atoms with Gasteiger partial charge in [0.1, 0.15) is 0 Å². The molecule has 0 saturated carbocycles. The summed E-state index contributed by atoms with van der Waals surface area (Å²) in [7, 11) is -2.53. The van der Waals surface area contributed by atoms with E-state index in [0.29, 0.717) is 12.8 Å². The normalized spacial score (nSPS) is 12.2. The molecule has 0 N–H and O–H groups in total. The van der Waals surface area contributed by atoms with Crippen molar-refractivity contribution >= 4 is 38.5 Å². The summed E-state index contributed by atoms with van der Waals surface area (Å²) in [6, 6.07) is 16.7. The molecule has 0 aliphatic heterocycles. The molecule has 2 rings (SSSR count). The van der Waals surface area contributed by atoms with E-state index in [-0.39, 0.29) is 19.5 Å².